The smallest absolute Gasteiger partial charge is 0.325 e. The zero-order valence-corrected chi connectivity index (χ0v) is 9.26. The molecule has 0 spiro atoms. The topological polar surface area (TPSA) is 69.2 Å². The Balaban J connectivity index is 2.76. The summed E-state index contributed by atoms with van der Waals surface area (Å²) in [6.45, 7) is 0. The van der Waals surface area contributed by atoms with Gasteiger partial charge in [0.15, 0.2) is 0 Å². The van der Waals surface area contributed by atoms with Crippen LogP contribution in [0.25, 0.3) is 10.1 Å². The molecule has 1 aromatic carbocycles. The quantitative estimate of drug-likeness (QED) is 0.493. The highest BCUT2D eigenvalue weighted by molar-refractivity contribution is 9.10. The van der Waals surface area contributed by atoms with E-state index in [1.54, 1.807) is 6.07 Å². The zero-order valence-electron chi connectivity index (χ0n) is 6.86. The maximum Gasteiger partial charge on any atom is 0.325 e. The van der Waals surface area contributed by atoms with E-state index >= 15 is 0 Å². The molecule has 0 amide bonds. The molecule has 0 aliphatic carbocycles. The fourth-order valence-electron chi connectivity index (χ4n) is 1.22. The van der Waals surface area contributed by atoms with Crippen LogP contribution in [0.4, 0.5) is 10.7 Å². The molecular weight excluding hydrogens is 268 g/mol. The molecule has 6 heteroatoms. The van der Waals surface area contributed by atoms with Crippen LogP contribution in [0.3, 0.4) is 0 Å². The van der Waals surface area contributed by atoms with E-state index in [1.165, 1.54) is 6.07 Å². The number of hydrogen-bond acceptors (Lipinski definition) is 4. The molecule has 2 rings (SSSR count). The van der Waals surface area contributed by atoms with E-state index in [9.17, 15) is 10.1 Å². The lowest BCUT2D eigenvalue weighted by atomic mass is 10.2. The van der Waals surface area contributed by atoms with Crippen molar-refractivity contribution in [3.8, 4) is 0 Å². The summed E-state index contributed by atoms with van der Waals surface area (Å²) in [6.07, 6.45) is 0. The molecule has 4 nitrogen and oxygen atoms in total. The van der Waals surface area contributed by atoms with Gasteiger partial charge < -0.3 is 5.73 Å². The molecule has 72 valence electrons. The van der Waals surface area contributed by atoms with Gasteiger partial charge in [-0.05, 0) is 12.1 Å². The Labute approximate surface area is 91.6 Å². The van der Waals surface area contributed by atoms with Crippen LogP contribution in [-0.4, -0.2) is 4.92 Å². The Morgan fingerprint density at radius 2 is 2.14 bits per heavy atom. The third-order valence-corrected chi connectivity index (χ3v) is 3.39. The summed E-state index contributed by atoms with van der Waals surface area (Å²) in [7, 11) is 0. The number of anilines is 1. The molecule has 0 aliphatic rings. The fraction of sp³-hybridized carbons (Fsp3) is 0. The van der Waals surface area contributed by atoms with Crippen LogP contribution in [0.15, 0.2) is 22.7 Å². The van der Waals surface area contributed by atoms with Crippen molar-refractivity contribution in [2.24, 2.45) is 0 Å². The number of nitro groups is 1. The Hall–Kier alpha value is -1.14. The first-order chi connectivity index (χ1) is 6.58. The number of nitrogens with two attached hydrogens (primary N) is 1. The van der Waals surface area contributed by atoms with Crippen molar-refractivity contribution in [1.82, 2.24) is 0 Å². The summed E-state index contributed by atoms with van der Waals surface area (Å²) in [5.41, 5.74) is 6.29. The van der Waals surface area contributed by atoms with Crippen molar-refractivity contribution >= 4 is 48.0 Å². The molecule has 0 aliphatic heterocycles. The van der Waals surface area contributed by atoms with E-state index in [2.05, 4.69) is 15.9 Å². The molecule has 0 unspecified atom stereocenters. The predicted molar refractivity (Wildman–Crippen MR) is 60.6 cm³/mol. The molecule has 2 N–H and O–H groups in total. The largest absolute Gasteiger partial charge is 0.398 e. The first-order valence-corrected chi connectivity index (χ1v) is 5.32. The van der Waals surface area contributed by atoms with Crippen LogP contribution >= 0.6 is 27.3 Å². The molecule has 1 aromatic heterocycles. The monoisotopic (exact) mass is 272 g/mol. The second-order valence-corrected chi connectivity index (χ2v) is 4.70. The Morgan fingerprint density at radius 1 is 1.43 bits per heavy atom. The van der Waals surface area contributed by atoms with Gasteiger partial charge in [0.25, 0.3) is 0 Å². The summed E-state index contributed by atoms with van der Waals surface area (Å²) in [5.74, 6) is 0. The van der Waals surface area contributed by atoms with Gasteiger partial charge in [-0.1, -0.05) is 27.3 Å². The van der Waals surface area contributed by atoms with Crippen molar-refractivity contribution in [3.63, 3.8) is 0 Å². The van der Waals surface area contributed by atoms with Crippen LogP contribution in [0.1, 0.15) is 0 Å². The van der Waals surface area contributed by atoms with Gasteiger partial charge in [-0.15, -0.1) is 0 Å². The molecule has 2 aromatic rings. The lowest BCUT2D eigenvalue weighted by Crippen LogP contribution is -1.83. The molecule has 0 bridgehead atoms. The maximum atomic E-state index is 10.5. The molecular formula is C8H5BrN2O2S. The summed E-state index contributed by atoms with van der Waals surface area (Å²) < 4.78 is 1.59. The Morgan fingerprint density at radius 3 is 2.79 bits per heavy atom. The van der Waals surface area contributed by atoms with Crippen molar-refractivity contribution in [2.75, 3.05) is 5.73 Å². The SMILES string of the molecule is Nc1cc(Br)cc2cc([N+](=O)[O-])sc12. The normalized spacial score (nSPS) is 10.6. The van der Waals surface area contributed by atoms with Gasteiger partial charge in [-0.3, -0.25) is 10.1 Å². The highest BCUT2D eigenvalue weighted by atomic mass is 79.9. The molecule has 1 heterocycles. The van der Waals surface area contributed by atoms with Gasteiger partial charge in [-0.2, -0.15) is 0 Å². The third-order valence-electron chi connectivity index (χ3n) is 1.78. The number of hydrogen-bond donors (Lipinski definition) is 1. The Bertz CT molecular complexity index is 523. The number of halogens is 1. The summed E-state index contributed by atoms with van der Waals surface area (Å²) >= 11 is 4.38. The van der Waals surface area contributed by atoms with Crippen LogP contribution in [-0.2, 0) is 0 Å². The maximum absolute atomic E-state index is 10.5. The van der Waals surface area contributed by atoms with Crippen molar-refractivity contribution in [1.29, 1.82) is 0 Å². The lowest BCUT2D eigenvalue weighted by molar-refractivity contribution is -0.380. The van der Waals surface area contributed by atoms with Crippen LogP contribution in [0, 0.1) is 10.1 Å². The number of nitrogen functional groups attached to an aromatic ring is 1. The Kier molecular flexibility index (Phi) is 2.16. The number of thiophene rings is 1. The number of fused-ring (bicyclic) bond motifs is 1. The molecule has 0 saturated heterocycles. The van der Waals surface area contributed by atoms with Gasteiger partial charge in [0, 0.05) is 15.9 Å². The fourth-order valence-corrected chi connectivity index (χ4v) is 2.59. The minimum Gasteiger partial charge on any atom is -0.398 e. The first-order valence-electron chi connectivity index (χ1n) is 3.71. The van der Waals surface area contributed by atoms with E-state index in [4.69, 9.17) is 5.73 Å². The van der Waals surface area contributed by atoms with Crippen molar-refractivity contribution in [2.45, 2.75) is 0 Å². The number of nitrogens with zero attached hydrogens (tertiary/aromatic N) is 1. The number of benzene rings is 1. The van der Waals surface area contributed by atoms with E-state index in [1.807, 2.05) is 6.07 Å². The van der Waals surface area contributed by atoms with Crippen LogP contribution < -0.4 is 5.73 Å². The van der Waals surface area contributed by atoms with E-state index < -0.39 is 4.92 Å². The first kappa shape index (κ1) is 9.42. The molecule has 14 heavy (non-hydrogen) atoms. The third kappa shape index (κ3) is 1.46. The number of rotatable bonds is 1. The molecule has 0 fully saturated rings. The molecule has 0 atom stereocenters. The van der Waals surface area contributed by atoms with Gasteiger partial charge in [0.05, 0.1) is 15.3 Å². The minimum absolute atomic E-state index is 0.116. The lowest BCUT2D eigenvalue weighted by Gasteiger charge is -1.95. The van der Waals surface area contributed by atoms with Gasteiger partial charge >= 0.3 is 5.00 Å². The minimum atomic E-state index is -0.405. The van der Waals surface area contributed by atoms with E-state index in [0.29, 0.717) is 5.69 Å². The van der Waals surface area contributed by atoms with Gasteiger partial charge in [0.1, 0.15) is 0 Å². The van der Waals surface area contributed by atoms with Gasteiger partial charge in [-0.25, -0.2) is 0 Å². The van der Waals surface area contributed by atoms with Crippen molar-refractivity contribution in [3.05, 3.63) is 32.8 Å². The average Bonchev–Trinajstić information content (AvgIpc) is 2.47. The van der Waals surface area contributed by atoms with Crippen LogP contribution in [0.5, 0.6) is 0 Å². The highest BCUT2D eigenvalue weighted by Crippen LogP contribution is 2.36. The average molecular weight is 273 g/mol. The van der Waals surface area contributed by atoms with E-state index in [-0.39, 0.29) is 5.00 Å². The highest BCUT2D eigenvalue weighted by Gasteiger charge is 2.13. The van der Waals surface area contributed by atoms with Crippen LogP contribution in [0.2, 0.25) is 0 Å². The second-order valence-electron chi connectivity index (χ2n) is 2.76. The summed E-state index contributed by atoms with van der Waals surface area (Å²) in [5, 5.41) is 11.4. The molecule has 0 saturated carbocycles. The second kappa shape index (κ2) is 3.21. The summed E-state index contributed by atoms with van der Waals surface area (Å²) in [4.78, 5) is 10.1. The molecule has 0 radical (unpaired) electrons. The van der Waals surface area contributed by atoms with Crippen molar-refractivity contribution < 1.29 is 4.92 Å². The van der Waals surface area contributed by atoms with E-state index in [0.717, 1.165) is 25.9 Å². The summed E-state index contributed by atoms with van der Waals surface area (Å²) in [6, 6.07) is 5.08. The van der Waals surface area contributed by atoms with Gasteiger partial charge in [0.2, 0.25) is 0 Å². The zero-order chi connectivity index (χ0) is 10.3. The predicted octanol–water partition coefficient (Wildman–Crippen LogP) is 3.15. The standard InChI is InChI=1S/C8H5BrN2O2S/c9-5-1-4-2-7(11(12)13)14-8(4)6(10)3-5/h1-3H,10H2.